The lowest BCUT2D eigenvalue weighted by Crippen LogP contribution is -2.53. The Kier molecular flexibility index (Phi) is 3.35. The molecule has 1 aromatic rings. The minimum Gasteiger partial charge on any atom is -0.389 e. The van der Waals surface area contributed by atoms with Crippen LogP contribution < -0.4 is 0 Å². The van der Waals surface area contributed by atoms with E-state index in [2.05, 4.69) is 4.98 Å². The van der Waals surface area contributed by atoms with Gasteiger partial charge in [0, 0.05) is 24.3 Å². The zero-order valence-corrected chi connectivity index (χ0v) is 10.6. The van der Waals surface area contributed by atoms with Crippen LogP contribution in [0.15, 0.2) is 12.1 Å². The molecule has 1 N–H and O–H groups in total. The third-order valence-electron chi connectivity index (χ3n) is 2.80. The number of aliphatic hydroxyl groups excluding tert-OH is 1. The van der Waals surface area contributed by atoms with Crippen molar-refractivity contribution >= 4 is 17.5 Å². The molecule has 2 rings (SSSR count). The molecule has 0 radical (unpaired) electrons. The molecular weight excluding hydrogens is 240 g/mol. The number of carbonyl (C=O) groups is 1. The van der Waals surface area contributed by atoms with Crippen molar-refractivity contribution in [2.75, 3.05) is 13.1 Å². The monoisotopic (exact) mass is 254 g/mol. The fourth-order valence-corrected chi connectivity index (χ4v) is 1.96. The first-order valence-electron chi connectivity index (χ1n) is 5.62. The standard InChI is InChI=1S/C12H15ClN2O2/c1-7(2)10-3-8(4-11(13)14-10)12(17)15-5-9(16)6-15/h3-4,7,9,16H,5-6H2,1-2H3. The lowest BCUT2D eigenvalue weighted by Gasteiger charge is -2.35. The van der Waals surface area contributed by atoms with Gasteiger partial charge >= 0.3 is 0 Å². The number of amides is 1. The van der Waals surface area contributed by atoms with Gasteiger partial charge in [0.15, 0.2) is 0 Å². The van der Waals surface area contributed by atoms with Crippen molar-refractivity contribution in [2.24, 2.45) is 0 Å². The molecule has 0 bridgehead atoms. The fourth-order valence-electron chi connectivity index (χ4n) is 1.74. The summed E-state index contributed by atoms with van der Waals surface area (Å²) in [4.78, 5) is 17.8. The van der Waals surface area contributed by atoms with Gasteiger partial charge in [0.1, 0.15) is 5.15 Å². The molecule has 1 aliphatic heterocycles. The van der Waals surface area contributed by atoms with E-state index >= 15 is 0 Å². The average molecular weight is 255 g/mol. The van der Waals surface area contributed by atoms with Gasteiger partial charge in [0.25, 0.3) is 5.91 Å². The van der Waals surface area contributed by atoms with Crippen molar-refractivity contribution in [3.63, 3.8) is 0 Å². The number of nitrogens with zero attached hydrogens (tertiary/aromatic N) is 2. The van der Waals surface area contributed by atoms with E-state index in [4.69, 9.17) is 11.6 Å². The number of hydrogen-bond donors (Lipinski definition) is 1. The van der Waals surface area contributed by atoms with Crippen LogP contribution >= 0.6 is 11.6 Å². The molecule has 0 saturated carbocycles. The van der Waals surface area contributed by atoms with Gasteiger partial charge in [-0.3, -0.25) is 4.79 Å². The first kappa shape index (κ1) is 12.3. The maximum Gasteiger partial charge on any atom is 0.254 e. The molecule has 4 nitrogen and oxygen atoms in total. The maximum absolute atomic E-state index is 12.0. The number of aromatic nitrogens is 1. The first-order chi connectivity index (χ1) is 7.97. The Hall–Kier alpha value is -1.13. The Morgan fingerprint density at radius 2 is 2.18 bits per heavy atom. The molecule has 1 amide bonds. The summed E-state index contributed by atoms with van der Waals surface area (Å²) >= 11 is 5.90. The van der Waals surface area contributed by atoms with E-state index in [1.807, 2.05) is 13.8 Å². The third kappa shape index (κ3) is 2.58. The summed E-state index contributed by atoms with van der Waals surface area (Å²) in [5, 5.41) is 9.51. The third-order valence-corrected chi connectivity index (χ3v) is 3.00. The highest BCUT2D eigenvalue weighted by atomic mass is 35.5. The maximum atomic E-state index is 12.0. The predicted octanol–water partition coefficient (Wildman–Crippen LogP) is 1.68. The predicted molar refractivity (Wildman–Crippen MR) is 65.2 cm³/mol. The normalized spacial score (nSPS) is 16.2. The van der Waals surface area contributed by atoms with E-state index in [0.29, 0.717) is 23.8 Å². The summed E-state index contributed by atoms with van der Waals surface area (Å²) < 4.78 is 0. The number of carbonyl (C=O) groups excluding carboxylic acids is 1. The summed E-state index contributed by atoms with van der Waals surface area (Å²) in [5.74, 6) is 0.128. The van der Waals surface area contributed by atoms with Crippen LogP contribution in [0.1, 0.15) is 35.8 Å². The summed E-state index contributed by atoms with van der Waals surface area (Å²) in [5.41, 5.74) is 1.35. The molecule has 0 spiro atoms. The number of rotatable bonds is 2. The van der Waals surface area contributed by atoms with Gasteiger partial charge in [0.2, 0.25) is 0 Å². The second-order valence-electron chi connectivity index (χ2n) is 4.62. The summed E-state index contributed by atoms with van der Waals surface area (Å²) in [7, 11) is 0. The van der Waals surface area contributed by atoms with Crippen molar-refractivity contribution < 1.29 is 9.90 Å². The van der Waals surface area contributed by atoms with Crippen LogP contribution in [0.2, 0.25) is 5.15 Å². The number of aliphatic hydroxyl groups is 1. The first-order valence-corrected chi connectivity index (χ1v) is 6.00. The second-order valence-corrected chi connectivity index (χ2v) is 5.01. The van der Waals surface area contributed by atoms with Gasteiger partial charge in [-0.25, -0.2) is 4.98 Å². The molecule has 92 valence electrons. The lowest BCUT2D eigenvalue weighted by molar-refractivity contribution is 0.00588. The Balaban J connectivity index is 2.23. The molecule has 0 aromatic carbocycles. The molecule has 1 fully saturated rings. The zero-order chi connectivity index (χ0) is 12.6. The molecule has 1 aromatic heterocycles. The van der Waals surface area contributed by atoms with Gasteiger partial charge in [-0.15, -0.1) is 0 Å². The highest BCUT2D eigenvalue weighted by Crippen LogP contribution is 2.20. The van der Waals surface area contributed by atoms with Gasteiger partial charge < -0.3 is 10.0 Å². The minimum absolute atomic E-state index is 0.0958. The van der Waals surface area contributed by atoms with Crippen molar-refractivity contribution in [3.05, 3.63) is 28.5 Å². The lowest BCUT2D eigenvalue weighted by atomic mass is 10.1. The van der Waals surface area contributed by atoms with Crippen LogP contribution in [0.5, 0.6) is 0 Å². The molecule has 5 heteroatoms. The van der Waals surface area contributed by atoms with Crippen LogP contribution in [0.3, 0.4) is 0 Å². The van der Waals surface area contributed by atoms with Gasteiger partial charge in [-0.2, -0.15) is 0 Å². The summed E-state index contributed by atoms with van der Waals surface area (Å²) in [6, 6.07) is 3.34. The van der Waals surface area contributed by atoms with Crippen LogP contribution in [0.4, 0.5) is 0 Å². The van der Waals surface area contributed by atoms with E-state index in [1.165, 1.54) is 0 Å². The highest BCUT2D eigenvalue weighted by molar-refractivity contribution is 6.29. The van der Waals surface area contributed by atoms with Crippen molar-refractivity contribution in [3.8, 4) is 0 Å². The average Bonchev–Trinajstić information content (AvgIpc) is 2.23. The number of likely N-dealkylation sites (tertiary alicyclic amines) is 1. The van der Waals surface area contributed by atoms with E-state index in [9.17, 15) is 9.90 Å². The van der Waals surface area contributed by atoms with Crippen molar-refractivity contribution in [2.45, 2.75) is 25.9 Å². The summed E-state index contributed by atoms with van der Waals surface area (Å²) in [6.45, 7) is 4.80. The quantitative estimate of drug-likeness (QED) is 0.817. The number of β-amino-alcohol motifs (C(OH)–C–C–N with tert-alkyl or cyclic N) is 1. The minimum atomic E-state index is -0.388. The van der Waals surface area contributed by atoms with Gasteiger partial charge in [-0.05, 0) is 18.1 Å². The van der Waals surface area contributed by atoms with Crippen LogP contribution in [0, 0.1) is 0 Å². The fraction of sp³-hybridized carbons (Fsp3) is 0.500. The zero-order valence-electron chi connectivity index (χ0n) is 9.85. The molecule has 1 aliphatic rings. The number of halogens is 1. The molecular formula is C12H15ClN2O2. The van der Waals surface area contributed by atoms with Crippen LogP contribution in [-0.2, 0) is 0 Å². The molecule has 17 heavy (non-hydrogen) atoms. The van der Waals surface area contributed by atoms with Crippen LogP contribution in [-0.4, -0.2) is 40.1 Å². The summed E-state index contributed by atoms with van der Waals surface area (Å²) in [6.07, 6.45) is -0.388. The van der Waals surface area contributed by atoms with Crippen LogP contribution in [0.25, 0.3) is 0 Å². The largest absolute Gasteiger partial charge is 0.389 e. The topological polar surface area (TPSA) is 53.4 Å². The second kappa shape index (κ2) is 4.63. The molecule has 0 aliphatic carbocycles. The van der Waals surface area contributed by atoms with E-state index in [0.717, 1.165) is 5.69 Å². The smallest absolute Gasteiger partial charge is 0.254 e. The Morgan fingerprint density at radius 1 is 1.53 bits per heavy atom. The van der Waals surface area contributed by atoms with Crippen molar-refractivity contribution in [1.82, 2.24) is 9.88 Å². The SMILES string of the molecule is CC(C)c1cc(C(=O)N2CC(O)C2)cc(Cl)n1. The molecule has 1 saturated heterocycles. The Bertz CT molecular complexity index is 442. The molecule has 2 heterocycles. The Morgan fingerprint density at radius 3 is 2.71 bits per heavy atom. The van der Waals surface area contributed by atoms with E-state index in [1.54, 1.807) is 17.0 Å². The van der Waals surface area contributed by atoms with Crippen molar-refractivity contribution in [1.29, 1.82) is 0 Å². The van der Waals surface area contributed by atoms with E-state index in [-0.39, 0.29) is 17.9 Å². The van der Waals surface area contributed by atoms with Gasteiger partial charge in [0.05, 0.1) is 6.10 Å². The Labute approximate surface area is 105 Å². The molecule has 0 unspecified atom stereocenters. The van der Waals surface area contributed by atoms with E-state index < -0.39 is 0 Å². The highest BCUT2D eigenvalue weighted by Gasteiger charge is 2.29. The number of pyridine rings is 1. The van der Waals surface area contributed by atoms with Gasteiger partial charge in [-0.1, -0.05) is 25.4 Å². The number of hydrogen-bond acceptors (Lipinski definition) is 3. The molecule has 0 atom stereocenters.